The topological polar surface area (TPSA) is 72.9 Å². The summed E-state index contributed by atoms with van der Waals surface area (Å²) in [5.74, 6) is 0.485. The molecule has 7 nitrogen and oxygen atoms in total. The molecule has 32 heavy (non-hydrogen) atoms. The number of rotatable bonds is 6. The lowest BCUT2D eigenvalue weighted by atomic mass is 9.93. The normalized spacial score (nSPS) is 12.9. The Morgan fingerprint density at radius 1 is 1.09 bits per heavy atom. The van der Waals surface area contributed by atoms with Crippen molar-refractivity contribution in [3.63, 3.8) is 0 Å². The van der Waals surface area contributed by atoms with Gasteiger partial charge in [0.1, 0.15) is 11.3 Å². The summed E-state index contributed by atoms with van der Waals surface area (Å²) in [5.41, 5.74) is 0.619. The highest BCUT2D eigenvalue weighted by Gasteiger charge is 2.47. The molecule has 12 heteroatoms. The van der Waals surface area contributed by atoms with Crippen molar-refractivity contribution in [2.45, 2.75) is 39.9 Å². The molecule has 0 unspecified atom stereocenters. The van der Waals surface area contributed by atoms with E-state index in [4.69, 9.17) is 0 Å². The number of halogens is 5. The minimum atomic E-state index is -4.37. The number of aromatic nitrogens is 6. The van der Waals surface area contributed by atoms with Gasteiger partial charge in [0, 0.05) is 18.3 Å². The number of nitrogens with one attached hydrogen (secondary N) is 1. The SMILES string of the molecule is Cc1nc2ccc(-c3ccn4nc(NCC(C)(C)C(F)(F)F)ncc34)nc2n1CC(F)F. The van der Waals surface area contributed by atoms with Crippen LogP contribution in [-0.4, -0.2) is 48.3 Å². The Labute approximate surface area is 179 Å². The van der Waals surface area contributed by atoms with Crippen molar-refractivity contribution >= 4 is 22.6 Å². The van der Waals surface area contributed by atoms with Crippen LogP contribution in [0.15, 0.2) is 30.6 Å². The Bertz CT molecular complexity index is 1270. The molecule has 1 N–H and O–H groups in total. The molecule has 0 saturated heterocycles. The van der Waals surface area contributed by atoms with E-state index in [9.17, 15) is 22.0 Å². The molecule has 0 aliphatic carbocycles. The fourth-order valence-corrected chi connectivity index (χ4v) is 3.22. The lowest BCUT2D eigenvalue weighted by molar-refractivity contribution is -0.206. The summed E-state index contributed by atoms with van der Waals surface area (Å²) in [6, 6.07) is 5.14. The second-order valence-corrected chi connectivity index (χ2v) is 8.08. The zero-order chi connectivity index (χ0) is 23.3. The number of anilines is 1. The van der Waals surface area contributed by atoms with Crippen LogP contribution < -0.4 is 5.32 Å². The molecule has 0 radical (unpaired) electrons. The van der Waals surface area contributed by atoms with Gasteiger partial charge in [0.05, 0.1) is 29.4 Å². The maximum Gasteiger partial charge on any atom is 0.395 e. The Morgan fingerprint density at radius 3 is 2.53 bits per heavy atom. The van der Waals surface area contributed by atoms with Crippen LogP contribution in [-0.2, 0) is 6.54 Å². The van der Waals surface area contributed by atoms with Crippen molar-refractivity contribution in [2.24, 2.45) is 5.41 Å². The monoisotopic (exact) mass is 453 g/mol. The third-order valence-electron chi connectivity index (χ3n) is 5.25. The van der Waals surface area contributed by atoms with E-state index in [1.54, 1.807) is 31.3 Å². The summed E-state index contributed by atoms with van der Waals surface area (Å²) in [6.07, 6.45) is -3.82. The zero-order valence-corrected chi connectivity index (χ0v) is 17.5. The molecule has 0 aliphatic rings. The van der Waals surface area contributed by atoms with Gasteiger partial charge in [-0.2, -0.15) is 13.2 Å². The fraction of sp³-hybridized carbons (Fsp3) is 0.400. The van der Waals surface area contributed by atoms with Crippen LogP contribution in [0.2, 0.25) is 0 Å². The lowest BCUT2D eigenvalue weighted by Crippen LogP contribution is -2.38. The summed E-state index contributed by atoms with van der Waals surface area (Å²) in [5, 5.41) is 6.84. The highest BCUT2D eigenvalue weighted by molar-refractivity contribution is 5.82. The Balaban J connectivity index is 1.65. The number of hydrogen-bond donors (Lipinski definition) is 1. The average molecular weight is 453 g/mol. The maximum atomic E-state index is 13.1. The number of aryl methyl sites for hydroxylation is 1. The van der Waals surface area contributed by atoms with Crippen molar-refractivity contribution in [2.75, 3.05) is 11.9 Å². The van der Waals surface area contributed by atoms with Gasteiger partial charge >= 0.3 is 6.18 Å². The van der Waals surface area contributed by atoms with Crippen LogP contribution in [0.25, 0.3) is 27.9 Å². The molecule has 0 atom stereocenters. The van der Waals surface area contributed by atoms with Crippen molar-refractivity contribution in [1.29, 1.82) is 0 Å². The minimum absolute atomic E-state index is 0.0472. The van der Waals surface area contributed by atoms with E-state index in [-0.39, 0.29) is 12.5 Å². The fourth-order valence-electron chi connectivity index (χ4n) is 3.22. The van der Waals surface area contributed by atoms with E-state index < -0.39 is 24.6 Å². The number of alkyl halides is 5. The average Bonchev–Trinajstić information content (AvgIpc) is 3.25. The molecule has 0 spiro atoms. The second kappa shape index (κ2) is 7.68. The number of pyridine rings is 1. The van der Waals surface area contributed by atoms with E-state index in [1.807, 2.05) is 0 Å². The predicted molar refractivity (Wildman–Crippen MR) is 109 cm³/mol. The highest BCUT2D eigenvalue weighted by Crippen LogP contribution is 2.37. The molecule has 0 aromatic carbocycles. The van der Waals surface area contributed by atoms with Crippen LogP contribution in [0.3, 0.4) is 0 Å². The van der Waals surface area contributed by atoms with E-state index in [2.05, 4.69) is 25.4 Å². The molecule has 0 fully saturated rings. The molecule has 170 valence electrons. The van der Waals surface area contributed by atoms with Gasteiger partial charge < -0.3 is 9.88 Å². The molecule has 4 heterocycles. The van der Waals surface area contributed by atoms with Crippen LogP contribution >= 0.6 is 0 Å². The highest BCUT2D eigenvalue weighted by atomic mass is 19.4. The minimum Gasteiger partial charge on any atom is -0.352 e. The predicted octanol–water partition coefficient (Wildman–Crippen LogP) is 4.71. The molecule has 0 saturated carbocycles. The van der Waals surface area contributed by atoms with Crippen LogP contribution in [0.5, 0.6) is 0 Å². The smallest absolute Gasteiger partial charge is 0.352 e. The summed E-state index contributed by atoms with van der Waals surface area (Å²) >= 11 is 0. The zero-order valence-electron chi connectivity index (χ0n) is 17.5. The van der Waals surface area contributed by atoms with Crippen molar-refractivity contribution in [1.82, 2.24) is 29.1 Å². The maximum absolute atomic E-state index is 13.1. The third-order valence-corrected chi connectivity index (χ3v) is 5.25. The first-order valence-corrected chi connectivity index (χ1v) is 9.74. The molecule has 4 aromatic rings. The summed E-state index contributed by atoms with van der Waals surface area (Å²) in [4.78, 5) is 12.9. The molecular weight excluding hydrogens is 433 g/mol. The first-order valence-electron chi connectivity index (χ1n) is 9.74. The van der Waals surface area contributed by atoms with Gasteiger partial charge in [-0.05, 0) is 39.0 Å². The van der Waals surface area contributed by atoms with E-state index in [1.165, 1.54) is 15.3 Å². The van der Waals surface area contributed by atoms with Crippen molar-refractivity contribution in [3.8, 4) is 11.3 Å². The molecular formula is C20H20F5N7. The number of hydrogen-bond acceptors (Lipinski definition) is 5. The standard InChI is InChI=1S/C20H20F5N7/c1-11-28-14-5-4-13(29-17(14)31(11)9-16(21)22)12-6-7-32-15(12)8-26-18(30-32)27-10-19(2,3)20(23,24)25/h4-8,16H,9-10H2,1-3H3,(H,27,30). The first kappa shape index (κ1) is 21.9. The van der Waals surface area contributed by atoms with E-state index >= 15 is 0 Å². The van der Waals surface area contributed by atoms with Gasteiger partial charge in [-0.15, -0.1) is 5.10 Å². The van der Waals surface area contributed by atoms with Crippen molar-refractivity contribution in [3.05, 3.63) is 36.4 Å². The van der Waals surface area contributed by atoms with Gasteiger partial charge in [0.25, 0.3) is 6.43 Å². The largest absolute Gasteiger partial charge is 0.395 e. The van der Waals surface area contributed by atoms with Gasteiger partial charge in [-0.1, -0.05) is 0 Å². The summed E-state index contributed by atoms with van der Waals surface area (Å²) in [6.45, 7) is 2.92. The summed E-state index contributed by atoms with van der Waals surface area (Å²) in [7, 11) is 0. The number of fused-ring (bicyclic) bond motifs is 2. The van der Waals surface area contributed by atoms with E-state index in [0.717, 1.165) is 13.8 Å². The van der Waals surface area contributed by atoms with E-state index in [0.29, 0.717) is 33.8 Å². The quantitative estimate of drug-likeness (QED) is 0.428. The second-order valence-electron chi connectivity index (χ2n) is 8.08. The van der Waals surface area contributed by atoms with Gasteiger partial charge in [-0.25, -0.2) is 28.2 Å². The van der Waals surface area contributed by atoms with Gasteiger partial charge in [-0.3, -0.25) is 0 Å². The molecule has 4 aromatic heterocycles. The van der Waals surface area contributed by atoms with Crippen LogP contribution in [0, 0.1) is 12.3 Å². The number of imidazole rings is 1. The molecule has 0 amide bonds. The Kier molecular flexibility index (Phi) is 5.25. The molecule has 4 rings (SSSR count). The van der Waals surface area contributed by atoms with Crippen LogP contribution in [0.1, 0.15) is 19.7 Å². The van der Waals surface area contributed by atoms with Gasteiger partial charge in [0.2, 0.25) is 5.95 Å². The van der Waals surface area contributed by atoms with Gasteiger partial charge in [0.15, 0.2) is 5.65 Å². The number of nitrogens with zero attached hydrogens (tertiary/aromatic N) is 6. The Hall–Kier alpha value is -3.31. The first-order chi connectivity index (χ1) is 15.0. The summed E-state index contributed by atoms with van der Waals surface area (Å²) < 4.78 is 67.9. The third kappa shape index (κ3) is 3.96. The molecule has 0 bridgehead atoms. The van der Waals surface area contributed by atoms with Crippen LogP contribution in [0.4, 0.5) is 27.9 Å². The Morgan fingerprint density at radius 2 is 1.84 bits per heavy atom. The molecule has 0 aliphatic heterocycles. The van der Waals surface area contributed by atoms with Crippen molar-refractivity contribution < 1.29 is 22.0 Å². The lowest BCUT2D eigenvalue weighted by Gasteiger charge is -2.27.